The molecule has 1 amide bonds. The van der Waals surface area contributed by atoms with Crippen molar-refractivity contribution in [2.24, 2.45) is 0 Å². The molecule has 1 N–H and O–H groups in total. The van der Waals surface area contributed by atoms with Gasteiger partial charge in [0.05, 0.1) is 16.7 Å². The maximum absolute atomic E-state index is 12.6. The van der Waals surface area contributed by atoms with E-state index in [-0.39, 0.29) is 29.2 Å². The number of hydrogen-bond acceptors (Lipinski definition) is 4. The molecular weight excluding hydrogens is 321 g/mol. The maximum atomic E-state index is 12.6. The first-order chi connectivity index (χ1) is 10.3. The Bertz CT molecular complexity index is 614. The van der Waals surface area contributed by atoms with E-state index in [1.165, 1.54) is 0 Å². The van der Waals surface area contributed by atoms with E-state index in [2.05, 4.69) is 10.3 Å². The van der Waals surface area contributed by atoms with Crippen molar-refractivity contribution in [3.05, 3.63) is 22.8 Å². The molecule has 2 heterocycles. The lowest BCUT2D eigenvalue weighted by molar-refractivity contribution is -0.137. The molecule has 1 aliphatic heterocycles. The number of hydrogen-bond donors (Lipinski definition) is 1. The van der Waals surface area contributed by atoms with Crippen LogP contribution in [0.15, 0.2) is 12.3 Å². The molecule has 0 radical (unpaired) electrons. The Kier molecular flexibility index (Phi) is 4.76. The molecule has 1 aromatic rings. The van der Waals surface area contributed by atoms with E-state index in [0.29, 0.717) is 19.5 Å². The van der Waals surface area contributed by atoms with Crippen LogP contribution in [0.2, 0.25) is 5.02 Å². The molecule has 0 bridgehead atoms. The van der Waals surface area contributed by atoms with Crippen LogP contribution in [0.4, 0.5) is 19.0 Å². The van der Waals surface area contributed by atoms with Gasteiger partial charge in [0.25, 0.3) is 0 Å². The van der Waals surface area contributed by atoms with Gasteiger partial charge in [-0.3, -0.25) is 4.79 Å². The molecule has 1 atom stereocenters. The number of carbonyl (C=O) groups is 1. The smallest absolute Gasteiger partial charge is 0.353 e. The number of nitriles is 1. The van der Waals surface area contributed by atoms with Crippen LogP contribution in [-0.2, 0) is 11.0 Å². The van der Waals surface area contributed by atoms with Crippen molar-refractivity contribution in [3.8, 4) is 6.07 Å². The van der Waals surface area contributed by atoms with E-state index in [9.17, 15) is 18.0 Å². The van der Waals surface area contributed by atoms with Crippen LogP contribution in [0.1, 0.15) is 18.4 Å². The number of aromatic nitrogens is 1. The lowest BCUT2D eigenvalue weighted by Gasteiger charge is -2.19. The molecule has 9 heteroatoms. The predicted molar refractivity (Wildman–Crippen MR) is 73.2 cm³/mol. The van der Waals surface area contributed by atoms with Crippen molar-refractivity contribution in [3.63, 3.8) is 0 Å². The summed E-state index contributed by atoms with van der Waals surface area (Å²) in [6.07, 6.45) is -3.37. The first kappa shape index (κ1) is 16.4. The topological polar surface area (TPSA) is 69.0 Å². The van der Waals surface area contributed by atoms with Gasteiger partial charge in [-0.1, -0.05) is 11.6 Å². The number of carbonyl (C=O) groups excluding carboxylic acids is 1. The summed E-state index contributed by atoms with van der Waals surface area (Å²) >= 11 is 5.88. The minimum atomic E-state index is -4.49. The number of rotatable bonds is 3. The van der Waals surface area contributed by atoms with Gasteiger partial charge in [0.1, 0.15) is 12.2 Å². The van der Waals surface area contributed by atoms with Crippen LogP contribution in [0.25, 0.3) is 0 Å². The SMILES string of the molecule is N#CCC(=O)NC1CCN(c2ncc(C(F)(F)F)cc2Cl)C1. The Morgan fingerprint density at radius 1 is 1.59 bits per heavy atom. The lowest BCUT2D eigenvalue weighted by atomic mass is 10.2. The molecule has 0 spiro atoms. The number of nitrogens with zero attached hydrogens (tertiary/aromatic N) is 3. The van der Waals surface area contributed by atoms with Gasteiger partial charge < -0.3 is 10.2 Å². The van der Waals surface area contributed by atoms with Gasteiger partial charge in [-0.05, 0) is 12.5 Å². The minimum Gasteiger partial charge on any atom is -0.353 e. The van der Waals surface area contributed by atoms with E-state index < -0.39 is 11.7 Å². The summed E-state index contributed by atoms with van der Waals surface area (Å²) in [5.41, 5.74) is -0.903. The normalized spacial score (nSPS) is 18.1. The third-order valence-corrected chi connectivity index (χ3v) is 3.52. The van der Waals surface area contributed by atoms with Crippen molar-refractivity contribution in [2.45, 2.75) is 25.1 Å². The van der Waals surface area contributed by atoms with Crippen LogP contribution >= 0.6 is 11.6 Å². The van der Waals surface area contributed by atoms with E-state index >= 15 is 0 Å². The molecule has 1 fully saturated rings. The van der Waals surface area contributed by atoms with Crippen molar-refractivity contribution < 1.29 is 18.0 Å². The van der Waals surface area contributed by atoms with Crippen LogP contribution in [-0.4, -0.2) is 30.0 Å². The summed E-state index contributed by atoms with van der Waals surface area (Å²) in [5.74, 6) is -0.118. The third-order valence-electron chi connectivity index (χ3n) is 3.24. The molecular formula is C13H12ClF3N4O. The fourth-order valence-corrected chi connectivity index (χ4v) is 2.53. The monoisotopic (exact) mass is 332 g/mol. The van der Waals surface area contributed by atoms with Gasteiger partial charge in [-0.15, -0.1) is 0 Å². The number of alkyl halides is 3. The molecule has 1 aliphatic rings. The van der Waals surface area contributed by atoms with Crippen molar-refractivity contribution >= 4 is 23.3 Å². The second-order valence-corrected chi connectivity index (χ2v) is 5.27. The van der Waals surface area contributed by atoms with Crippen molar-refractivity contribution in [1.82, 2.24) is 10.3 Å². The zero-order valence-electron chi connectivity index (χ0n) is 11.3. The van der Waals surface area contributed by atoms with E-state index in [0.717, 1.165) is 12.3 Å². The van der Waals surface area contributed by atoms with E-state index in [1.807, 2.05) is 0 Å². The first-order valence-electron chi connectivity index (χ1n) is 6.45. The molecule has 1 unspecified atom stereocenters. The highest BCUT2D eigenvalue weighted by molar-refractivity contribution is 6.33. The number of halogens is 4. The van der Waals surface area contributed by atoms with Gasteiger partial charge >= 0.3 is 6.18 Å². The summed E-state index contributed by atoms with van der Waals surface area (Å²) in [6, 6.07) is 2.41. The van der Waals surface area contributed by atoms with Gasteiger partial charge in [0.2, 0.25) is 5.91 Å². The molecule has 0 aromatic carbocycles. The zero-order chi connectivity index (χ0) is 16.3. The molecule has 0 aliphatic carbocycles. The van der Waals surface area contributed by atoms with Crippen LogP contribution < -0.4 is 10.2 Å². The molecule has 1 aromatic heterocycles. The highest BCUT2D eigenvalue weighted by atomic mass is 35.5. The highest BCUT2D eigenvalue weighted by Crippen LogP contribution is 2.34. The summed E-state index contributed by atoms with van der Waals surface area (Å²) in [5, 5.41) is 11.0. The lowest BCUT2D eigenvalue weighted by Crippen LogP contribution is -2.37. The average Bonchev–Trinajstić information content (AvgIpc) is 2.86. The fourth-order valence-electron chi connectivity index (χ4n) is 2.24. The Labute approximate surface area is 129 Å². The maximum Gasteiger partial charge on any atom is 0.417 e. The highest BCUT2D eigenvalue weighted by Gasteiger charge is 2.33. The van der Waals surface area contributed by atoms with Crippen LogP contribution in [0.3, 0.4) is 0 Å². The standard InChI is InChI=1S/C13H12ClF3N4O/c14-10-5-8(13(15,16)17)6-19-12(10)21-4-2-9(7-21)20-11(22)1-3-18/h5-6,9H,1-2,4,7H2,(H,20,22). The molecule has 2 rings (SSSR count). The van der Waals surface area contributed by atoms with Gasteiger partial charge in [0, 0.05) is 25.3 Å². The first-order valence-corrected chi connectivity index (χ1v) is 6.83. The molecule has 22 heavy (non-hydrogen) atoms. The van der Waals surface area contributed by atoms with Crippen molar-refractivity contribution in [1.29, 1.82) is 5.26 Å². The summed E-state index contributed by atoms with van der Waals surface area (Å²) in [4.78, 5) is 16.8. The summed E-state index contributed by atoms with van der Waals surface area (Å²) in [6.45, 7) is 0.894. The minimum absolute atomic E-state index is 0.0844. The van der Waals surface area contributed by atoms with E-state index in [1.54, 1.807) is 11.0 Å². The molecule has 5 nitrogen and oxygen atoms in total. The second kappa shape index (κ2) is 6.40. The summed E-state index contributed by atoms with van der Waals surface area (Å²) < 4.78 is 37.7. The predicted octanol–water partition coefficient (Wildman–Crippen LogP) is 2.36. The van der Waals surface area contributed by atoms with E-state index in [4.69, 9.17) is 16.9 Å². The Balaban J connectivity index is 2.05. The zero-order valence-corrected chi connectivity index (χ0v) is 12.1. The van der Waals surface area contributed by atoms with Crippen LogP contribution in [0, 0.1) is 11.3 Å². The van der Waals surface area contributed by atoms with Crippen molar-refractivity contribution in [2.75, 3.05) is 18.0 Å². The summed E-state index contributed by atoms with van der Waals surface area (Å²) in [7, 11) is 0. The average molecular weight is 333 g/mol. The fraction of sp³-hybridized carbons (Fsp3) is 0.462. The Morgan fingerprint density at radius 2 is 2.32 bits per heavy atom. The largest absolute Gasteiger partial charge is 0.417 e. The molecule has 0 saturated carbocycles. The second-order valence-electron chi connectivity index (χ2n) is 4.86. The van der Waals surface area contributed by atoms with Gasteiger partial charge in [-0.25, -0.2) is 4.98 Å². The quantitative estimate of drug-likeness (QED) is 0.922. The number of anilines is 1. The number of amides is 1. The Morgan fingerprint density at radius 3 is 2.91 bits per heavy atom. The Hall–Kier alpha value is -2.01. The molecule has 118 valence electrons. The van der Waals surface area contributed by atoms with Gasteiger partial charge in [0.15, 0.2) is 0 Å². The van der Waals surface area contributed by atoms with Crippen LogP contribution in [0.5, 0.6) is 0 Å². The van der Waals surface area contributed by atoms with Gasteiger partial charge in [-0.2, -0.15) is 18.4 Å². The number of pyridine rings is 1. The third kappa shape index (κ3) is 3.80. The molecule has 1 saturated heterocycles. The number of nitrogens with one attached hydrogen (secondary N) is 1.